The molecule has 1 fully saturated rings. The summed E-state index contributed by atoms with van der Waals surface area (Å²) in [7, 11) is 1.94. The highest BCUT2D eigenvalue weighted by Crippen LogP contribution is 2.33. The van der Waals surface area contributed by atoms with Crippen molar-refractivity contribution in [3.63, 3.8) is 0 Å². The number of rotatable bonds is 9. The molecule has 1 aliphatic rings. The normalized spacial score (nSPS) is 14.2. The first-order valence-corrected chi connectivity index (χ1v) is 12.5. The van der Waals surface area contributed by atoms with Gasteiger partial charge in [-0.2, -0.15) is 0 Å². The highest BCUT2D eigenvalue weighted by atomic mass is 35.5. The summed E-state index contributed by atoms with van der Waals surface area (Å²) < 4.78 is 8.12. The van der Waals surface area contributed by atoms with Gasteiger partial charge in [0.05, 0.1) is 22.8 Å². The number of halogens is 1. The number of primary amides is 1. The maximum atomic E-state index is 12.4. The van der Waals surface area contributed by atoms with Gasteiger partial charge in [0, 0.05) is 55.5 Å². The Balaban J connectivity index is 1.37. The summed E-state index contributed by atoms with van der Waals surface area (Å²) in [5.41, 5.74) is 8.65. The number of aryl methyl sites for hydroxylation is 1. The molecular weight excluding hydrogens is 492 g/mol. The molecule has 10 heteroatoms. The summed E-state index contributed by atoms with van der Waals surface area (Å²) in [4.78, 5) is 34.9. The number of anilines is 2. The van der Waals surface area contributed by atoms with Gasteiger partial charge < -0.3 is 25.3 Å². The topological polar surface area (TPSA) is 115 Å². The van der Waals surface area contributed by atoms with Crippen molar-refractivity contribution in [2.75, 3.05) is 11.9 Å². The molecule has 0 spiro atoms. The third kappa shape index (κ3) is 5.51. The number of aromatic nitrogens is 3. The lowest BCUT2D eigenvalue weighted by atomic mass is 10.0. The van der Waals surface area contributed by atoms with Crippen molar-refractivity contribution in [3.05, 3.63) is 71.5 Å². The Hall–Kier alpha value is -4.11. The van der Waals surface area contributed by atoms with E-state index in [4.69, 9.17) is 27.1 Å². The molecule has 1 aliphatic heterocycles. The van der Waals surface area contributed by atoms with Crippen LogP contribution in [-0.4, -0.2) is 37.8 Å². The van der Waals surface area contributed by atoms with Gasteiger partial charge in [0.2, 0.25) is 17.8 Å². The Morgan fingerprint density at radius 3 is 2.68 bits per heavy atom. The molecule has 9 nitrogen and oxygen atoms in total. The molecule has 4 aromatic rings. The minimum absolute atomic E-state index is 0.0613. The molecule has 2 aromatic heterocycles. The van der Waals surface area contributed by atoms with Crippen molar-refractivity contribution in [2.45, 2.75) is 31.7 Å². The Morgan fingerprint density at radius 2 is 1.95 bits per heavy atom. The van der Waals surface area contributed by atoms with Gasteiger partial charge in [-0.3, -0.25) is 14.6 Å². The van der Waals surface area contributed by atoms with Crippen LogP contribution in [0.15, 0.2) is 60.8 Å². The molecule has 5 rings (SSSR count). The third-order valence-electron chi connectivity index (χ3n) is 6.43. The highest BCUT2D eigenvalue weighted by Gasteiger charge is 2.30. The quantitative estimate of drug-likeness (QED) is 0.319. The van der Waals surface area contributed by atoms with Crippen molar-refractivity contribution in [3.8, 4) is 11.5 Å². The summed E-state index contributed by atoms with van der Waals surface area (Å²) >= 11 is 5.99. The van der Waals surface area contributed by atoms with Crippen LogP contribution in [0.2, 0.25) is 5.02 Å². The van der Waals surface area contributed by atoms with Crippen LogP contribution in [0.4, 0.5) is 11.6 Å². The number of ether oxygens (including phenoxy) is 1. The Kier molecular flexibility index (Phi) is 6.96. The molecule has 37 heavy (non-hydrogen) atoms. The monoisotopic (exact) mass is 518 g/mol. The number of hydrogen-bond acceptors (Lipinski definition) is 6. The van der Waals surface area contributed by atoms with Crippen LogP contribution >= 0.6 is 11.6 Å². The van der Waals surface area contributed by atoms with Gasteiger partial charge in [-0.25, -0.2) is 4.98 Å². The lowest BCUT2D eigenvalue weighted by molar-refractivity contribution is -0.130. The number of fused-ring (bicyclic) bond motifs is 1. The molecule has 0 radical (unpaired) electrons. The van der Waals surface area contributed by atoms with Crippen molar-refractivity contribution >= 4 is 46.1 Å². The molecule has 2 aromatic carbocycles. The molecule has 3 N–H and O–H groups in total. The summed E-state index contributed by atoms with van der Waals surface area (Å²) in [6.07, 6.45) is 3.53. The second-order valence-electron chi connectivity index (χ2n) is 9.01. The molecule has 1 saturated heterocycles. The molecule has 1 unspecified atom stereocenters. The number of nitrogens with zero attached hydrogens (tertiary/aromatic N) is 4. The van der Waals surface area contributed by atoms with Crippen molar-refractivity contribution < 1.29 is 14.3 Å². The first-order valence-electron chi connectivity index (χ1n) is 12.1. The lowest BCUT2D eigenvalue weighted by Crippen LogP contribution is -2.31. The van der Waals surface area contributed by atoms with E-state index in [0.717, 1.165) is 23.1 Å². The van der Waals surface area contributed by atoms with Gasteiger partial charge in [-0.1, -0.05) is 11.6 Å². The number of likely N-dealkylation sites (tertiary alicyclic amines) is 1. The molecule has 190 valence electrons. The van der Waals surface area contributed by atoms with E-state index in [0.29, 0.717) is 47.6 Å². The van der Waals surface area contributed by atoms with E-state index in [1.807, 2.05) is 60.1 Å². The van der Waals surface area contributed by atoms with E-state index in [9.17, 15) is 9.59 Å². The van der Waals surface area contributed by atoms with Crippen molar-refractivity contribution in [1.82, 2.24) is 19.4 Å². The molecule has 0 bridgehead atoms. The Bertz CT molecular complexity index is 1450. The summed E-state index contributed by atoms with van der Waals surface area (Å²) in [6, 6.07) is 16.4. The van der Waals surface area contributed by atoms with Gasteiger partial charge >= 0.3 is 0 Å². The Labute approximate surface area is 219 Å². The van der Waals surface area contributed by atoms with Gasteiger partial charge in [0.1, 0.15) is 11.5 Å². The maximum Gasteiger partial charge on any atom is 0.223 e. The number of amides is 2. The van der Waals surface area contributed by atoms with E-state index in [2.05, 4.69) is 10.3 Å². The minimum atomic E-state index is -0.405. The van der Waals surface area contributed by atoms with Crippen LogP contribution in [0.1, 0.15) is 37.4 Å². The third-order valence-corrected chi connectivity index (χ3v) is 6.68. The average Bonchev–Trinajstić information content (AvgIpc) is 3.43. The van der Waals surface area contributed by atoms with Crippen LogP contribution in [-0.2, 0) is 16.6 Å². The Morgan fingerprint density at radius 1 is 1.16 bits per heavy atom. The fourth-order valence-corrected chi connectivity index (χ4v) is 4.69. The molecular formula is C27H27ClN6O3. The largest absolute Gasteiger partial charge is 0.457 e. The number of carbonyl (C=O) groups is 2. The van der Waals surface area contributed by atoms with Gasteiger partial charge in [0.15, 0.2) is 0 Å². The number of nitrogens with one attached hydrogen (secondary N) is 1. The van der Waals surface area contributed by atoms with Crippen molar-refractivity contribution in [1.29, 1.82) is 0 Å². The fourth-order valence-electron chi connectivity index (χ4n) is 4.57. The minimum Gasteiger partial charge on any atom is -0.457 e. The number of carbonyl (C=O) groups excluding carboxylic acids is 2. The summed E-state index contributed by atoms with van der Waals surface area (Å²) in [6.45, 7) is 0.637. The molecule has 0 saturated carbocycles. The van der Waals surface area contributed by atoms with Crippen LogP contribution < -0.4 is 15.8 Å². The number of hydrogen-bond donors (Lipinski definition) is 2. The summed E-state index contributed by atoms with van der Waals surface area (Å²) in [5.74, 6) is 1.54. The van der Waals surface area contributed by atoms with E-state index >= 15 is 0 Å². The standard InChI is InChI=1S/C27H27ClN6O3/c1-33-23-9-8-19(16-22(23)32-27(33)31-18-6-4-17(28)5-7-18)37-20-12-13-30-21(15-20)24(10-11-25(29)35)34-14-2-3-26(34)36/h4-9,12-13,15-16,24H,2-3,10-11,14H2,1H3,(H2,29,35)(H,31,32). The van der Waals surface area contributed by atoms with Crippen molar-refractivity contribution in [2.24, 2.45) is 12.8 Å². The zero-order chi connectivity index (χ0) is 25.9. The smallest absolute Gasteiger partial charge is 0.223 e. The van der Waals surface area contributed by atoms with Crippen LogP contribution in [0.25, 0.3) is 11.0 Å². The maximum absolute atomic E-state index is 12.4. The first kappa shape index (κ1) is 24.6. The summed E-state index contributed by atoms with van der Waals surface area (Å²) in [5, 5.41) is 3.98. The zero-order valence-electron chi connectivity index (χ0n) is 20.4. The predicted octanol–water partition coefficient (Wildman–Crippen LogP) is 5.09. The molecule has 3 heterocycles. The van der Waals surface area contributed by atoms with Crippen LogP contribution in [0, 0.1) is 0 Å². The fraction of sp³-hybridized carbons (Fsp3) is 0.259. The van der Waals surface area contributed by atoms with E-state index in [-0.39, 0.29) is 18.4 Å². The zero-order valence-corrected chi connectivity index (χ0v) is 21.1. The van der Waals surface area contributed by atoms with Gasteiger partial charge in [0.25, 0.3) is 0 Å². The van der Waals surface area contributed by atoms with E-state index in [1.165, 1.54) is 0 Å². The number of pyridine rings is 1. The van der Waals surface area contributed by atoms with Gasteiger partial charge in [-0.15, -0.1) is 0 Å². The molecule has 1 atom stereocenters. The lowest BCUT2D eigenvalue weighted by Gasteiger charge is -2.27. The number of nitrogens with two attached hydrogens (primary N) is 1. The van der Waals surface area contributed by atoms with Gasteiger partial charge in [-0.05, 0) is 55.3 Å². The average molecular weight is 519 g/mol. The number of benzene rings is 2. The second-order valence-corrected chi connectivity index (χ2v) is 9.44. The molecule has 2 amide bonds. The molecule has 0 aliphatic carbocycles. The van der Waals surface area contributed by atoms with Crippen LogP contribution in [0.3, 0.4) is 0 Å². The SMILES string of the molecule is Cn1c(Nc2ccc(Cl)cc2)nc2cc(Oc3ccnc(C(CCC(N)=O)N4CCCC4=O)c3)ccc21. The first-order chi connectivity index (χ1) is 17.9. The van der Waals surface area contributed by atoms with Crippen LogP contribution in [0.5, 0.6) is 11.5 Å². The van der Waals surface area contributed by atoms with E-state index in [1.54, 1.807) is 17.2 Å². The highest BCUT2D eigenvalue weighted by molar-refractivity contribution is 6.30. The van der Waals surface area contributed by atoms with E-state index < -0.39 is 5.91 Å². The second kappa shape index (κ2) is 10.5. The number of imidazole rings is 1. The predicted molar refractivity (Wildman–Crippen MR) is 142 cm³/mol.